The molecule has 3 rings (SSSR count). The lowest BCUT2D eigenvalue weighted by atomic mass is 10.2. The summed E-state index contributed by atoms with van der Waals surface area (Å²) in [5.74, 6) is 1.79. The third-order valence-corrected chi connectivity index (χ3v) is 3.37. The molecule has 0 aliphatic heterocycles. The first-order valence-corrected chi connectivity index (χ1v) is 6.79. The Morgan fingerprint density at radius 2 is 1.85 bits per heavy atom. The molecule has 0 saturated heterocycles. The molecule has 0 amide bonds. The highest BCUT2D eigenvalue weighted by molar-refractivity contribution is 9.10. The fourth-order valence-electron chi connectivity index (χ4n) is 1.81. The lowest BCUT2D eigenvalue weighted by molar-refractivity contribution is 0.413. The van der Waals surface area contributed by atoms with Gasteiger partial charge in [-0.25, -0.2) is 0 Å². The summed E-state index contributed by atoms with van der Waals surface area (Å²) in [5.41, 5.74) is 1.74. The molecule has 0 aliphatic rings. The van der Waals surface area contributed by atoms with Gasteiger partial charge in [-0.3, -0.25) is 0 Å². The van der Waals surface area contributed by atoms with E-state index in [4.69, 9.17) is 9.26 Å². The largest absolute Gasteiger partial charge is 0.497 e. The van der Waals surface area contributed by atoms with Crippen molar-refractivity contribution in [2.75, 3.05) is 7.11 Å². The maximum absolute atomic E-state index is 5.31. The van der Waals surface area contributed by atoms with Gasteiger partial charge in [-0.2, -0.15) is 4.98 Å². The third-order valence-electron chi connectivity index (χ3n) is 2.85. The summed E-state index contributed by atoms with van der Waals surface area (Å²) in [4.78, 5) is 4.41. The van der Waals surface area contributed by atoms with Crippen LogP contribution in [-0.2, 0) is 0 Å². The van der Waals surface area contributed by atoms with Crippen molar-refractivity contribution in [2.24, 2.45) is 0 Å². The van der Waals surface area contributed by atoms with Crippen LogP contribution in [0.2, 0.25) is 0 Å². The monoisotopic (exact) mass is 330 g/mol. The molecule has 4 nitrogen and oxygen atoms in total. The number of hydrogen-bond acceptors (Lipinski definition) is 4. The molecule has 0 radical (unpaired) electrons. The number of benzene rings is 2. The zero-order chi connectivity index (χ0) is 13.9. The summed E-state index contributed by atoms with van der Waals surface area (Å²) in [6, 6.07) is 15.3. The number of nitrogens with zero attached hydrogens (tertiary/aromatic N) is 2. The zero-order valence-corrected chi connectivity index (χ0v) is 12.3. The first-order chi connectivity index (χ1) is 9.76. The van der Waals surface area contributed by atoms with Crippen molar-refractivity contribution < 1.29 is 9.26 Å². The Morgan fingerprint density at radius 1 is 1.05 bits per heavy atom. The molecule has 0 saturated carbocycles. The van der Waals surface area contributed by atoms with Crippen LogP contribution in [0.25, 0.3) is 22.8 Å². The normalized spacial score (nSPS) is 10.5. The lowest BCUT2D eigenvalue weighted by Gasteiger charge is -1.99. The molecule has 0 unspecified atom stereocenters. The van der Waals surface area contributed by atoms with Gasteiger partial charge in [0.2, 0.25) is 5.82 Å². The summed E-state index contributed by atoms with van der Waals surface area (Å²) < 4.78 is 11.5. The van der Waals surface area contributed by atoms with E-state index in [0.29, 0.717) is 11.7 Å². The Bertz CT molecular complexity index is 723. The quantitative estimate of drug-likeness (QED) is 0.723. The first-order valence-electron chi connectivity index (χ1n) is 6.00. The fourth-order valence-corrected chi connectivity index (χ4v) is 2.08. The summed E-state index contributed by atoms with van der Waals surface area (Å²) in [6.45, 7) is 0. The van der Waals surface area contributed by atoms with Crippen molar-refractivity contribution in [1.82, 2.24) is 10.1 Å². The molecule has 1 heterocycles. The minimum atomic E-state index is 0.474. The minimum absolute atomic E-state index is 0.474. The van der Waals surface area contributed by atoms with Crippen LogP contribution >= 0.6 is 15.9 Å². The second kappa shape index (κ2) is 5.46. The molecular weight excluding hydrogens is 320 g/mol. The van der Waals surface area contributed by atoms with Crippen LogP contribution < -0.4 is 4.74 Å². The van der Waals surface area contributed by atoms with Crippen LogP contribution in [0.4, 0.5) is 0 Å². The SMILES string of the molecule is COc1cccc(-c2nc(-c3ccc(Br)cc3)no2)c1. The predicted octanol–water partition coefficient (Wildman–Crippen LogP) is 4.17. The molecule has 1 aromatic heterocycles. The molecule has 5 heteroatoms. The van der Waals surface area contributed by atoms with Crippen LogP contribution in [0.3, 0.4) is 0 Å². The number of hydrogen-bond donors (Lipinski definition) is 0. The number of ether oxygens (including phenoxy) is 1. The van der Waals surface area contributed by atoms with Crippen molar-refractivity contribution >= 4 is 15.9 Å². The average molecular weight is 331 g/mol. The molecule has 20 heavy (non-hydrogen) atoms. The van der Waals surface area contributed by atoms with E-state index in [1.54, 1.807) is 7.11 Å². The van der Waals surface area contributed by atoms with Crippen LogP contribution in [-0.4, -0.2) is 17.3 Å². The maximum atomic E-state index is 5.31. The average Bonchev–Trinajstić information content (AvgIpc) is 2.98. The smallest absolute Gasteiger partial charge is 0.258 e. The van der Waals surface area contributed by atoms with Crippen LogP contribution in [0.15, 0.2) is 57.5 Å². The van der Waals surface area contributed by atoms with Gasteiger partial charge in [0.25, 0.3) is 5.89 Å². The molecule has 0 fully saturated rings. The zero-order valence-electron chi connectivity index (χ0n) is 10.7. The van der Waals surface area contributed by atoms with E-state index >= 15 is 0 Å². The number of aromatic nitrogens is 2. The lowest BCUT2D eigenvalue weighted by Crippen LogP contribution is -1.84. The number of rotatable bonds is 3. The van der Waals surface area contributed by atoms with Crippen LogP contribution in [0, 0.1) is 0 Å². The highest BCUT2D eigenvalue weighted by Crippen LogP contribution is 2.25. The van der Waals surface area contributed by atoms with Crippen molar-refractivity contribution in [3.8, 4) is 28.6 Å². The Balaban J connectivity index is 1.95. The van der Waals surface area contributed by atoms with Gasteiger partial charge in [-0.1, -0.05) is 27.2 Å². The van der Waals surface area contributed by atoms with Crippen molar-refractivity contribution in [2.45, 2.75) is 0 Å². The third kappa shape index (κ3) is 2.58. The Kier molecular flexibility index (Phi) is 3.52. The van der Waals surface area contributed by atoms with E-state index in [1.165, 1.54) is 0 Å². The first kappa shape index (κ1) is 12.9. The summed E-state index contributed by atoms with van der Waals surface area (Å²) in [6.07, 6.45) is 0. The molecule has 0 bridgehead atoms. The van der Waals surface area contributed by atoms with Crippen molar-refractivity contribution in [3.05, 3.63) is 53.0 Å². The molecule has 0 atom stereocenters. The highest BCUT2D eigenvalue weighted by atomic mass is 79.9. The molecule has 0 spiro atoms. The van der Waals surface area contributed by atoms with Gasteiger partial charge in [-0.15, -0.1) is 0 Å². The van der Waals surface area contributed by atoms with Gasteiger partial charge in [0.1, 0.15) is 5.75 Å². The van der Waals surface area contributed by atoms with Crippen LogP contribution in [0.5, 0.6) is 5.75 Å². The minimum Gasteiger partial charge on any atom is -0.497 e. The summed E-state index contributed by atoms with van der Waals surface area (Å²) >= 11 is 3.40. The standard InChI is InChI=1S/C15H11BrN2O2/c1-19-13-4-2-3-11(9-13)15-17-14(18-20-15)10-5-7-12(16)8-6-10/h2-9H,1H3. The number of halogens is 1. The maximum Gasteiger partial charge on any atom is 0.258 e. The van der Waals surface area contributed by atoms with E-state index in [2.05, 4.69) is 26.1 Å². The van der Waals surface area contributed by atoms with Gasteiger partial charge in [0, 0.05) is 15.6 Å². The molecule has 2 aromatic carbocycles. The van der Waals surface area contributed by atoms with E-state index in [9.17, 15) is 0 Å². The Hall–Kier alpha value is -2.14. The second-order valence-corrected chi connectivity index (χ2v) is 5.08. The van der Waals surface area contributed by atoms with Gasteiger partial charge in [0.15, 0.2) is 0 Å². The summed E-state index contributed by atoms with van der Waals surface area (Å²) in [7, 11) is 1.63. The molecule has 100 valence electrons. The van der Waals surface area contributed by atoms with Gasteiger partial charge in [-0.05, 0) is 42.5 Å². The van der Waals surface area contributed by atoms with E-state index < -0.39 is 0 Å². The second-order valence-electron chi connectivity index (χ2n) is 4.16. The molecule has 3 aromatic rings. The van der Waals surface area contributed by atoms with Gasteiger partial charge in [0.05, 0.1) is 7.11 Å². The summed E-state index contributed by atoms with van der Waals surface area (Å²) in [5, 5.41) is 4.01. The topological polar surface area (TPSA) is 48.2 Å². The van der Waals surface area contributed by atoms with E-state index in [1.807, 2.05) is 48.5 Å². The molecule has 0 aliphatic carbocycles. The van der Waals surface area contributed by atoms with Crippen molar-refractivity contribution in [3.63, 3.8) is 0 Å². The van der Waals surface area contributed by atoms with Gasteiger partial charge >= 0.3 is 0 Å². The molecule has 0 N–H and O–H groups in total. The Morgan fingerprint density at radius 3 is 2.60 bits per heavy atom. The predicted molar refractivity (Wildman–Crippen MR) is 79.4 cm³/mol. The highest BCUT2D eigenvalue weighted by Gasteiger charge is 2.11. The van der Waals surface area contributed by atoms with Crippen LogP contribution in [0.1, 0.15) is 0 Å². The fraction of sp³-hybridized carbons (Fsp3) is 0.0667. The van der Waals surface area contributed by atoms with Crippen molar-refractivity contribution in [1.29, 1.82) is 0 Å². The Labute approximate surface area is 124 Å². The van der Waals surface area contributed by atoms with E-state index in [-0.39, 0.29) is 0 Å². The van der Waals surface area contributed by atoms with E-state index in [0.717, 1.165) is 21.3 Å². The number of methoxy groups -OCH3 is 1. The van der Waals surface area contributed by atoms with Gasteiger partial charge < -0.3 is 9.26 Å². The molecular formula is C15H11BrN2O2.